The van der Waals surface area contributed by atoms with Crippen LogP contribution in [0, 0.1) is 0 Å². The highest BCUT2D eigenvalue weighted by Gasteiger charge is 2.50. The summed E-state index contributed by atoms with van der Waals surface area (Å²) in [5.41, 5.74) is -0.182. The first kappa shape index (κ1) is 17.2. The van der Waals surface area contributed by atoms with E-state index in [0.29, 0.717) is 19.3 Å². The predicted octanol–water partition coefficient (Wildman–Crippen LogP) is 3.31. The molecule has 2 aliphatic heterocycles. The van der Waals surface area contributed by atoms with Crippen molar-refractivity contribution in [3.05, 3.63) is 30.1 Å². The zero-order valence-corrected chi connectivity index (χ0v) is 14.9. The fourth-order valence-corrected chi connectivity index (χ4v) is 4.05. The van der Waals surface area contributed by atoms with E-state index < -0.39 is 11.2 Å². The molecule has 2 aliphatic rings. The van der Waals surface area contributed by atoms with E-state index in [1.165, 1.54) is 0 Å². The molecule has 0 saturated carbocycles. The van der Waals surface area contributed by atoms with Crippen LogP contribution in [-0.2, 0) is 11.2 Å². The summed E-state index contributed by atoms with van der Waals surface area (Å²) < 4.78 is 5.55. The Labute approximate surface area is 144 Å². The zero-order chi connectivity index (χ0) is 17.4. The number of pyridine rings is 1. The van der Waals surface area contributed by atoms with Crippen LogP contribution in [0.25, 0.3) is 0 Å². The highest BCUT2D eigenvalue weighted by molar-refractivity contribution is 5.69. The van der Waals surface area contributed by atoms with E-state index >= 15 is 0 Å². The SMILES string of the molecule is CC(C)(C)OC(=O)N1C2CCC1CC(O)(CCc1ccccn1)C2. The van der Waals surface area contributed by atoms with Crippen molar-refractivity contribution < 1.29 is 14.6 Å². The molecule has 132 valence electrons. The second-order valence-electron chi connectivity index (χ2n) is 8.23. The molecule has 1 aromatic heterocycles. The van der Waals surface area contributed by atoms with Gasteiger partial charge in [-0.1, -0.05) is 6.07 Å². The lowest BCUT2D eigenvalue weighted by atomic mass is 9.82. The number of aromatic nitrogens is 1. The smallest absolute Gasteiger partial charge is 0.410 e. The molecule has 1 aromatic rings. The highest BCUT2D eigenvalue weighted by Crippen LogP contribution is 2.43. The molecule has 5 heteroatoms. The van der Waals surface area contributed by atoms with Gasteiger partial charge in [-0.2, -0.15) is 0 Å². The molecule has 2 bridgehead atoms. The van der Waals surface area contributed by atoms with Gasteiger partial charge in [-0.15, -0.1) is 0 Å². The number of carbonyl (C=O) groups is 1. The molecule has 0 spiro atoms. The minimum atomic E-state index is -0.706. The van der Waals surface area contributed by atoms with E-state index in [-0.39, 0.29) is 18.2 Å². The number of hydrogen-bond acceptors (Lipinski definition) is 4. The molecule has 24 heavy (non-hydrogen) atoms. The standard InChI is InChI=1S/C19H28N2O3/c1-18(2,3)24-17(22)21-15-7-8-16(21)13-19(23,12-15)10-9-14-6-4-5-11-20-14/h4-6,11,15-16,23H,7-10,12-13H2,1-3H3. The fraction of sp³-hybridized carbons (Fsp3) is 0.684. The third-order valence-corrected chi connectivity index (χ3v) is 5.03. The van der Waals surface area contributed by atoms with Gasteiger partial charge in [0.05, 0.1) is 5.60 Å². The summed E-state index contributed by atoms with van der Waals surface area (Å²) in [5, 5.41) is 11.0. The molecule has 2 atom stereocenters. The van der Waals surface area contributed by atoms with E-state index in [1.54, 1.807) is 6.20 Å². The minimum Gasteiger partial charge on any atom is -0.444 e. The van der Waals surface area contributed by atoms with Gasteiger partial charge in [0.2, 0.25) is 0 Å². The molecular weight excluding hydrogens is 304 g/mol. The predicted molar refractivity (Wildman–Crippen MR) is 91.6 cm³/mol. The average molecular weight is 332 g/mol. The molecule has 2 fully saturated rings. The van der Waals surface area contributed by atoms with E-state index in [4.69, 9.17) is 4.74 Å². The Kier molecular flexibility index (Phi) is 4.56. The van der Waals surface area contributed by atoms with Crippen LogP contribution in [-0.4, -0.2) is 44.4 Å². The van der Waals surface area contributed by atoms with Gasteiger partial charge in [0.1, 0.15) is 5.60 Å². The first-order chi connectivity index (χ1) is 11.3. The maximum absolute atomic E-state index is 12.5. The number of fused-ring (bicyclic) bond motifs is 2. The lowest BCUT2D eigenvalue weighted by Crippen LogP contribution is -2.54. The van der Waals surface area contributed by atoms with Crippen molar-refractivity contribution in [1.82, 2.24) is 9.88 Å². The van der Waals surface area contributed by atoms with Crippen molar-refractivity contribution in [3.8, 4) is 0 Å². The van der Waals surface area contributed by atoms with E-state index in [9.17, 15) is 9.90 Å². The van der Waals surface area contributed by atoms with Crippen molar-refractivity contribution in [2.75, 3.05) is 0 Å². The lowest BCUT2D eigenvalue weighted by Gasteiger charge is -2.44. The first-order valence-corrected chi connectivity index (χ1v) is 8.89. The van der Waals surface area contributed by atoms with Gasteiger partial charge >= 0.3 is 6.09 Å². The first-order valence-electron chi connectivity index (χ1n) is 8.89. The number of aryl methyl sites for hydroxylation is 1. The Bertz CT molecular complexity index is 568. The Morgan fingerprint density at radius 1 is 1.33 bits per heavy atom. The number of piperidine rings is 1. The third-order valence-electron chi connectivity index (χ3n) is 5.03. The van der Waals surface area contributed by atoms with Crippen molar-refractivity contribution >= 4 is 6.09 Å². The topological polar surface area (TPSA) is 62.7 Å². The van der Waals surface area contributed by atoms with Gasteiger partial charge in [-0.25, -0.2) is 4.79 Å². The number of aliphatic hydroxyl groups is 1. The number of rotatable bonds is 3. The van der Waals surface area contributed by atoms with Gasteiger partial charge in [-0.05, 0) is 71.4 Å². The Balaban J connectivity index is 1.62. The van der Waals surface area contributed by atoms with Crippen LogP contribution in [0.3, 0.4) is 0 Å². The van der Waals surface area contributed by atoms with Crippen LogP contribution in [0.5, 0.6) is 0 Å². The molecule has 0 radical (unpaired) electrons. The number of nitrogens with zero attached hydrogens (tertiary/aromatic N) is 2. The molecule has 1 amide bonds. The number of ether oxygens (including phenoxy) is 1. The molecule has 0 aromatic carbocycles. The van der Waals surface area contributed by atoms with E-state index in [1.807, 2.05) is 43.9 Å². The van der Waals surface area contributed by atoms with E-state index in [0.717, 1.165) is 25.0 Å². The average Bonchev–Trinajstić information content (AvgIpc) is 2.78. The van der Waals surface area contributed by atoms with Crippen molar-refractivity contribution in [1.29, 1.82) is 0 Å². The number of carbonyl (C=O) groups excluding carboxylic acids is 1. The normalized spacial score (nSPS) is 29.6. The number of amides is 1. The van der Waals surface area contributed by atoms with Gasteiger partial charge in [0.25, 0.3) is 0 Å². The summed E-state index contributed by atoms with van der Waals surface area (Å²) in [6, 6.07) is 6.05. The number of hydrogen-bond donors (Lipinski definition) is 1. The Morgan fingerprint density at radius 3 is 2.54 bits per heavy atom. The summed E-state index contributed by atoms with van der Waals surface area (Å²) in [5.74, 6) is 0. The highest BCUT2D eigenvalue weighted by atomic mass is 16.6. The molecular formula is C19H28N2O3. The summed E-state index contributed by atoms with van der Waals surface area (Å²) in [4.78, 5) is 18.7. The van der Waals surface area contributed by atoms with Crippen molar-refractivity contribution in [2.24, 2.45) is 0 Å². The van der Waals surface area contributed by atoms with Gasteiger partial charge in [0.15, 0.2) is 0 Å². The Morgan fingerprint density at radius 2 is 2.00 bits per heavy atom. The molecule has 3 heterocycles. The van der Waals surface area contributed by atoms with Crippen LogP contribution >= 0.6 is 0 Å². The second-order valence-corrected chi connectivity index (χ2v) is 8.23. The molecule has 2 unspecified atom stereocenters. The molecule has 5 nitrogen and oxygen atoms in total. The maximum Gasteiger partial charge on any atom is 0.410 e. The zero-order valence-electron chi connectivity index (χ0n) is 14.9. The van der Waals surface area contributed by atoms with Gasteiger partial charge < -0.3 is 14.7 Å². The molecule has 3 rings (SSSR count). The summed E-state index contributed by atoms with van der Waals surface area (Å²) in [7, 11) is 0. The van der Waals surface area contributed by atoms with Crippen LogP contribution in [0.1, 0.15) is 58.6 Å². The fourth-order valence-electron chi connectivity index (χ4n) is 4.05. The van der Waals surface area contributed by atoms with Crippen molar-refractivity contribution in [3.63, 3.8) is 0 Å². The van der Waals surface area contributed by atoms with Crippen molar-refractivity contribution in [2.45, 2.75) is 82.6 Å². The summed E-state index contributed by atoms with van der Waals surface area (Å²) >= 11 is 0. The van der Waals surface area contributed by atoms with E-state index in [2.05, 4.69) is 4.98 Å². The second kappa shape index (κ2) is 6.36. The largest absolute Gasteiger partial charge is 0.444 e. The quantitative estimate of drug-likeness (QED) is 0.922. The van der Waals surface area contributed by atoms with Gasteiger partial charge in [-0.3, -0.25) is 4.98 Å². The summed E-state index contributed by atoms with van der Waals surface area (Å²) in [6.07, 6.45) is 6.19. The van der Waals surface area contributed by atoms with Crippen LogP contribution in [0.4, 0.5) is 4.79 Å². The monoisotopic (exact) mass is 332 g/mol. The van der Waals surface area contributed by atoms with Crippen LogP contribution < -0.4 is 0 Å². The summed E-state index contributed by atoms with van der Waals surface area (Å²) in [6.45, 7) is 5.67. The minimum absolute atomic E-state index is 0.0901. The molecule has 1 N–H and O–H groups in total. The van der Waals surface area contributed by atoms with Gasteiger partial charge in [0, 0.05) is 24.0 Å². The van der Waals surface area contributed by atoms with Crippen LogP contribution in [0.2, 0.25) is 0 Å². The molecule has 0 aliphatic carbocycles. The maximum atomic E-state index is 12.5. The lowest BCUT2D eigenvalue weighted by molar-refractivity contribution is -0.0624. The molecule has 2 saturated heterocycles. The Hall–Kier alpha value is -1.62. The van der Waals surface area contributed by atoms with Crippen LogP contribution in [0.15, 0.2) is 24.4 Å². The third kappa shape index (κ3) is 3.89.